The maximum atomic E-state index is 11.1. The van der Waals surface area contributed by atoms with Crippen molar-refractivity contribution in [2.45, 2.75) is 13.5 Å². The maximum absolute atomic E-state index is 11.1. The van der Waals surface area contributed by atoms with Gasteiger partial charge in [-0.05, 0) is 30.2 Å². The molecular formula is C15H15NO5. The molecule has 2 aromatic rings. The average Bonchev–Trinajstić information content (AvgIpc) is 2.49. The molecule has 0 amide bonds. The Hall–Kier alpha value is -2.60. The SMILES string of the molecule is COc1cc(CO)ccc1Oc1c(C)cccc1[N+](=O)[O-]. The Morgan fingerprint density at radius 1 is 1.24 bits per heavy atom. The summed E-state index contributed by atoms with van der Waals surface area (Å²) in [5.41, 5.74) is 1.21. The van der Waals surface area contributed by atoms with Crippen LogP contribution in [0.3, 0.4) is 0 Å². The van der Waals surface area contributed by atoms with Gasteiger partial charge in [0.2, 0.25) is 5.75 Å². The van der Waals surface area contributed by atoms with Gasteiger partial charge >= 0.3 is 5.69 Å². The first-order valence-corrected chi connectivity index (χ1v) is 6.26. The van der Waals surface area contributed by atoms with Crippen molar-refractivity contribution < 1.29 is 19.5 Å². The van der Waals surface area contributed by atoms with Gasteiger partial charge in [-0.2, -0.15) is 0 Å². The fraction of sp³-hybridized carbons (Fsp3) is 0.200. The van der Waals surface area contributed by atoms with Crippen LogP contribution in [0.25, 0.3) is 0 Å². The van der Waals surface area contributed by atoms with Gasteiger partial charge in [0.15, 0.2) is 11.5 Å². The molecule has 6 heteroatoms. The summed E-state index contributed by atoms with van der Waals surface area (Å²) >= 11 is 0. The van der Waals surface area contributed by atoms with E-state index in [1.807, 2.05) is 0 Å². The van der Waals surface area contributed by atoms with Gasteiger partial charge < -0.3 is 14.6 Å². The minimum Gasteiger partial charge on any atom is -0.493 e. The van der Waals surface area contributed by atoms with Gasteiger partial charge in [0, 0.05) is 6.07 Å². The normalized spacial score (nSPS) is 10.2. The summed E-state index contributed by atoms with van der Waals surface area (Å²) in [6, 6.07) is 9.63. The van der Waals surface area contributed by atoms with Crippen LogP contribution in [-0.4, -0.2) is 17.1 Å². The first kappa shape index (κ1) is 14.8. The molecule has 0 aliphatic rings. The van der Waals surface area contributed by atoms with Crippen molar-refractivity contribution in [1.29, 1.82) is 0 Å². The van der Waals surface area contributed by atoms with E-state index in [-0.39, 0.29) is 18.0 Å². The predicted molar refractivity (Wildman–Crippen MR) is 76.8 cm³/mol. The van der Waals surface area contributed by atoms with Crippen LogP contribution in [-0.2, 0) is 6.61 Å². The summed E-state index contributed by atoms with van der Waals surface area (Å²) in [4.78, 5) is 10.6. The molecule has 21 heavy (non-hydrogen) atoms. The van der Waals surface area contributed by atoms with Crippen LogP contribution < -0.4 is 9.47 Å². The Kier molecular flexibility index (Phi) is 4.39. The minimum atomic E-state index is -0.489. The molecule has 0 radical (unpaired) electrons. The number of rotatable bonds is 5. The lowest BCUT2D eigenvalue weighted by molar-refractivity contribution is -0.385. The molecule has 0 aliphatic carbocycles. The number of benzene rings is 2. The zero-order valence-electron chi connectivity index (χ0n) is 11.7. The van der Waals surface area contributed by atoms with Gasteiger partial charge in [-0.25, -0.2) is 0 Å². The van der Waals surface area contributed by atoms with Crippen LogP contribution in [0.2, 0.25) is 0 Å². The van der Waals surface area contributed by atoms with E-state index in [0.717, 1.165) is 0 Å². The average molecular weight is 289 g/mol. The fourth-order valence-electron chi connectivity index (χ4n) is 1.92. The summed E-state index contributed by atoms with van der Waals surface area (Å²) < 4.78 is 10.9. The van der Waals surface area contributed by atoms with Crippen molar-refractivity contribution in [3.05, 3.63) is 57.6 Å². The Balaban J connectivity index is 2.45. The molecule has 0 fully saturated rings. The van der Waals surface area contributed by atoms with Crippen LogP contribution in [0.1, 0.15) is 11.1 Å². The molecule has 0 heterocycles. The molecule has 0 saturated heterocycles. The van der Waals surface area contributed by atoms with Crippen LogP contribution in [0.4, 0.5) is 5.69 Å². The number of methoxy groups -OCH3 is 1. The highest BCUT2D eigenvalue weighted by atomic mass is 16.6. The van der Waals surface area contributed by atoms with Crippen LogP contribution in [0.15, 0.2) is 36.4 Å². The molecule has 0 aromatic heterocycles. The number of aliphatic hydroxyl groups is 1. The molecule has 2 aromatic carbocycles. The van der Waals surface area contributed by atoms with Crippen molar-refractivity contribution in [1.82, 2.24) is 0 Å². The van der Waals surface area contributed by atoms with Gasteiger partial charge in [0.1, 0.15) is 0 Å². The second kappa shape index (κ2) is 6.23. The number of hydrogen-bond donors (Lipinski definition) is 1. The number of hydrogen-bond acceptors (Lipinski definition) is 5. The van der Waals surface area contributed by atoms with E-state index >= 15 is 0 Å². The van der Waals surface area contributed by atoms with Crippen LogP contribution >= 0.6 is 0 Å². The first-order valence-electron chi connectivity index (χ1n) is 6.26. The molecule has 2 rings (SSSR count). The zero-order valence-corrected chi connectivity index (χ0v) is 11.7. The van der Waals surface area contributed by atoms with Crippen molar-refractivity contribution in [2.24, 2.45) is 0 Å². The molecule has 1 N–H and O–H groups in total. The third kappa shape index (κ3) is 3.11. The van der Waals surface area contributed by atoms with Crippen molar-refractivity contribution in [2.75, 3.05) is 7.11 Å². The second-order valence-corrected chi connectivity index (χ2v) is 4.43. The lowest BCUT2D eigenvalue weighted by Crippen LogP contribution is -1.97. The Bertz CT molecular complexity index is 669. The van der Waals surface area contributed by atoms with E-state index < -0.39 is 4.92 Å². The predicted octanol–water partition coefficient (Wildman–Crippen LogP) is 3.20. The molecule has 0 atom stereocenters. The van der Waals surface area contributed by atoms with Gasteiger partial charge in [0.25, 0.3) is 0 Å². The standard InChI is InChI=1S/C15H15NO5/c1-10-4-3-5-12(16(18)19)15(10)21-13-7-6-11(9-17)8-14(13)20-2/h3-8,17H,9H2,1-2H3. The molecule has 0 spiro atoms. The van der Waals surface area contributed by atoms with Crippen LogP contribution in [0, 0.1) is 17.0 Å². The monoisotopic (exact) mass is 289 g/mol. The Labute approximate surface area is 121 Å². The Morgan fingerprint density at radius 3 is 2.62 bits per heavy atom. The van der Waals surface area contributed by atoms with Crippen molar-refractivity contribution in [3.63, 3.8) is 0 Å². The third-order valence-electron chi connectivity index (χ3n) is 3.01. The number of aryl methyl sites for hydroxylation is 1. The first-order chi connectivity index (χ1) is 10.1. The molecule has 0 aliphatic heterocycles. The lowest BCUT2D eigenvalue weighted by atomic mass is 10.2. The summed E-state index contributed by atoms with van der Waals surface area (Å²) in [5, 5.41) is 20.2. The topological polar surface area (TPSA) is 81.8 Å². The van der Waals surface area contributed by atoms with E-state index in [4.69, 9.17) is 14.6 Å². The lowest BCUT2D eigenvalue weighted by Gasteiger charge is -2.13. The van der Waals surface area contributed by atoms with Crippen LogP contribution in [0.5, 0.6) is 17.2 Å². The molecule has 0 saturated carbocycles. The summed E-state index contributed by atoms with van der Waals surface area (Å²) in [6.45, 7) is 1.61. The molecule has 0 unspecified atom stereocenters. The van der Waals surface area contributed by atoms with E-state index in [9.17, 15) is 10.1 Å². The summed E-state index contributed by atoms with van der Waals surface area (Å²) in [5.74, 6) is 0.934. The largest absolute Gasteiger partial charge is 0.493 e. The highest BCUT2D eigenvalue weighted by Gasteiger charge is 2.19. The van der Waals surface area contributed by atoms with E-state index in [0.29, 0.717) is 22.6 Å². The van der Waals surface area contributed by atoms with Gasteiger partial charge in [-0.15, -0.1) is 0 Å². The number of aliphatic hydroxyl groups excluding tert-OH is 1. The van der Waals surface area contributed by atoms with E-state index in [2.05, 4.69) is 0 Å². The van der Waals surface area contributed by atoms with E-state index in [1.165, 1.54) is 13.2 Å². The van der Waals surface area contributed by atoms with Crippen molar-refractivity contribution >= 4 is 5.69 Å². The van der Waals surface area contributed by atoms with Gasteiger partial charge in [0.05, 0.1) is 18.6 Å². The number of nitro groups is 1. The molecular weight excluding hydrogens is 274 g/mol. The van der Waals surface area contributed by atoms with Crippen molar-refractivity contribution in [3.8, 4) is 17.2 Å². The third-order valence-corrected chi connectivity index (χ3v) is 3.01. The smallest absolute Gasteiger partial charge is 0.311 e. The highest BCUT2D eigenvalue weighted by Crippen LogP contribution is 2.38. The maximum Gasteiger partial charge on any atom is 0.311 e. The van der Waals surface area contributed by atoms with E-state index in [1.54, 1.807) is 37.3 Å². The number of para-hydroxylation sites is 1. The summed E-state index contributed by atoms with van der Waals surface area (Å²) in [6.07, 6.45) is 0. The molecule has 0 bridgehead atoms. The Morgan fingerprint density at radius 2 is 2.00 bits per heavy atom. The minimum absolute atomic E-state index is 0.108. The molecule has 6 nitrogen and oxygen atoms in total. The zero-order chi connectivity index (χ0) is 15.4. The number of ether oxygens (including phenoxy) is 2. The highest BCUT2D eigenvalue weighted by molar-refractivity contribution is 5.55. The van der Waals surface area contributed by atoms with Gasteiger partial charge in [-0.1, -0.05) is 18.2 Å². The molecule has 110 valence electrons. The second-order valence-electron chi connectivity index (χ2n) is 4.43. The number of nitrogens with zero attached hydrogens (tertiary/aromatic N) is 1. The summed E-state index contributed by atoms with van der Waals surface area (Å²) in [7, 11) is 1.47. The van der Waals surface area contributed by atoms with Gasteiger partial charge in [-0.3, -0.25) is 10.1 Å². The number of nitro benzene ring substituents is 1. The quantitative estimate of drug-likeness (QED) is 0.675. The fourth-order valence-corrected chi connectivity index (χ4v) is 1.92.